The predicted octanol–water partition coefficient (Wildman–Crippen LogP) is 1.09. The first kappa shape index (κ1) is 11.5. The van der Waals surface area contributed by atoms with Gasteiger partial charge in [0.05, 0.1) is 0 Å². The smallest absolute Gasteiger partial charge is 0.251 e. The van der Waals surface area contributed by atoms with E-state index in [2.05, 4.69) is 10.6 Å². The Morgan fingerprint density at radius 2 is 2.00 bits per heavy atom. The number of nitrogens with one attached hydrogen (secondary N) is 2. The van der Waals surface area contributed by atoms with E-state index in [1.807, 2.05) is 6.92 Å². The van der Waals surface area contributed by atoms with Crippen LogP contribution in [0.4, 0.5) is 5.69 Å². The van der Waals surface area contributed by atoms with Crippen LogP contribution in [0.2, 0.25) is 0 Å². The summed E-state index contributed by atoms with van der Waals surface area (Å²) in [7, 11) is 0. The number of thiocarbonyl (C=S) groups is 1. The molecule has 0 aromatic heterocycles. The van der Waals surface area contributed by atoms with Crippen molar-refractivity contribution in [3.8, 4) is 0 Å². The molecule has 4 N–H and O–H groups in total. The fraction of sp³-hybridized carbons (Fsp3) is 0.200. The van der Waals surface area contributed by atoms with E-state index in [1.165, 1.54) is 0 Å². The van der Waals surface area contributed by atoms with Crippen molar-refractivity contribution in [3.05, 3.63) is 29.8 Å². The number of carbonyl (C=O) groups is 1. The van der Waals surface area contributed by atoms with Crippen molar-refractivity contribution in [3.63, 3.8) is 0 Å². The van der Waals surface area contributed by atoms with Gasteiger partial charge in [-0.25, -0.2) is 0 Å². The topological polar surface area (TPSA) is 67.2 Å². The second kappa shape index (κ2) is 5.31. The third kappa shape index (κ3) is 3.55. The lowest BCUT2D eigenvalue weighted by Gasteiger charge is -2.05. The van der Waals surface area contributed by atoms with E-state index in [-0.39, 0.29) is 11.0 Å². The summed E-state index contributed by atoms with van der Waals surface area (Å²) in [6.07, 6.45) is 0. The molecule has 4 nitrogen and oxygen atoms in total. The highest BCUT2D eigenvalue weighted by Gasteiger charge is 2.02. The molecule has 0 radical (unpaired) electrons. The number of amides is 1. The monoisotopic (exact) mass is 223 g/mol. The molecule has 1 aromatic carbocycles. The third-order valence-electron chi connectivity index (χ3n) is 1.75. The zero-order valence-electron chi connectivity index (χ0n) is 8.41. The van der Waals surface area contributed by atoms with E-state index in [4.69, 9.17) is 18.0 Å². The maximum atomic E-state index is 11.4. The van der Waals surface area contributed by atoms with Crippen LogP contribution in [0.25, 0.3) is 0 Å². The Labute approximate surface area is 93.9 Å². The molecule has 0 aliphatic carbocycles. The van der Waals surface area contributed by atoms with Gasteiger partial charge in [-0.05, 0) is 43.4 Å². The molecule has 0 aliphatic heterocycles. The van der Waals surface area contributed by atoms with E-state index in [0.29, 0.717) is 12.1 Å². The van der Waals surface area contributed by atoms with Crippen LogP contribution >= 0.6 is 12.2 Å². The van der Waals surface area contributed by atoms with Gasteiger partial charge in [-0.15, -0.1) is 0 Å². The van der Waals surface area contributed by atoms with Crippen molar-refractivity contribution in [1.29, 1.82) is 0 Å². The molecule has 0 atom stereocenters. The average molecular weight is 223 g/mol. The van der Waals surface area contributed by atoms with Crippen molar-refractivity contribution in [2.24, 2.45) is 5.73 Å². The molecule has 0 saturated heterocycles. The molecule has 1 rings (SSSR count). The maximum Gasteiger partial charge on any atom is 0.251 e. The van der Waals surface area contributed by atoms with E-state index in [0.717, 1.165) is 5.69 Å². The second-order valence-electron chi connectivity index (χ2n) is 2.93. The average Bonchev–Trinajstić information content (AvgIpc) is 2.18. The first-order valence-electron chi connectivity index (χ1n) is 4.58. The molecular weight excluding hydrogens is 210 g/mol. The van der Waals surface area contributed by atoms with E-state index >= 15 is 0 Å². The highest BCUT2D eigenvalue weighted by Crippen LogP contribution is 2.08. The summed E-state index contributed by atoms with van der Waals surface area (Å²) in [5.74, 6) is -0.0839. The lowest BCUT2D eigenvalue weighted by molar-refractivity contribution is 0.0956. The van der Waals surface area contributed by atoms with Crippen LogP contribution in [0.5, 0.6) is 0 Å². The van der Waals surface area contributed by atoms with Gasteiger partial charge in [-0.1, -0.05) is 0 Å². The molecule has 5 heteroatoms. The number of hydrogen-bond acceptors (Lipinski definition) is 2. The van der Waals surface area contributed by atoms with Crippen LogP contribution in [-0.2, 0) is 0 Å². The second-order valence-corrected chi connectivity index (χ2v) is 3.37. The van der Waals surface area contributed by atoms with Gasteiger partial charge in [0, 0.05) is 17.8 Å². The van der Waals surface area contributed by atoms with Crippen LogP contribution in [0.15, 0.2) is 24.3 Å². The quantitative estimate of drug-likeness (QED) is 0.671. The lowest BCUT2D eigenvalue weighted by atomic mass is 10.2. The summed E-state index contributed by atoms with van der Waals surface area (Å²) in [5, 5.41) is 5.70. The van der Waals surface area contributed by atoms with Crippen molar-refractivity contribution in [1.82, 2.24) is 5.32 Å². The Morgan fingerprint density at radius 1 is 1.40 bits per heavy atom. The van der Waals surface area contributed by atoms with Gasteiger partial charge in [-0.3, -0.25) is 4.79 Å². The molecule has 0 bridgehead atoms. The summed E-state index contributed by atoms with van der Waals surface area (Å²) in [6, 6.07) is 6.94. The van der Waals surface area contributed by atoms with Crippen molar-refractivity contribution in [2.75, 3.05) is 11.9 Å². The van der Waals surface area contributed by atoms with E-state index < -0.39 is 0 Å². The van der Waals surface area contributed by atoms with Crippen LogP contribution in [-0.4, -0.2) is 17.6 Å². The van der Waals surface area contributed by atoms with Gasteiger partial charge in [0.1, 0.15) is 0 Å². The molecule has 0 spiro atoms. The van der Waals surface area contributed by atoms with Crippen LogP contribution in [0.1, 0.15) is 17.3 Å². The number of carbonyl (C=O) groups excluding carboxylic acids is 1. The normalized spacial score (nSPS) is 9.40. The van der Waals surface area contributed by atoms with Gasteiger partial charge >= 0.3 is 0 Å². The van der Waals surface area contributed by atoms with Crippen LogP contribution in [0.3, 0.4) is 0 Å². The Hall–Kier alpha value is -1.62. The Balaban J connectivity index is 2.71. The first-order valence-corrected chi connectivity index (χ1v) is 4.99. The molecule has 1 amide bonds. The number of anilines is 1. The largest absolute Gasteiger partial charge is 0.376 e. The van der Waals surface area contributed by atoms with Crippen molar-refractivity contribution >= 4 is 28.9 Å². The molecule has 0 saturated carbocycles. The summed E-state index contributed by atoms with van der Waals surface area (Å²) in [6.45, 7) is 2.49. The van der Waals surface area contributed by atoms with Crippen LogP contribution < -0.4 is 16.4 Å². The van der Waals surface area contributed by atoms with Gasteiger partial charge in [0.15, 0.2) is 5.11 Å². The Bertz CT molecular complexity index is 361. The number of benzene rings is 1. The number of hydrogen-bond donors (Lipinski definition) is 3. The molecule has 80 valence electrons. The number of rotatable bonds is 3. The maximum absolute atomic E-state index is 11.4. The summed E-state index contributed by atoms with van der Waals surface area (Å²) in [5.41, 5.74) is 6.70. The van der Waals surface area contributed by atoms with Crippen molar-refractivity contribution < 1.29 is 4.79 Å². The molecule has 0 fully saturated rings. The minimum Gasteiger partial charge on any atom is -0.376 e. The van der Waals surface area contributed by atoms with Gasteiger partial charge in [-0.2, -0.15) is 0 Å². The lowest BCUT2D eigenvalue weighted by Crippen LogP contribution is -2.22. The Kier molecular flexibility index (Phi) is 4.05. The highest BCUT2D eigenvalue weighted by molar-refractivity contribution is 7.80. The molecule has 0 heterocycles. The molecular formula is C10H13N3OS. The van der Waals surface area contributed by atoms with Crippen molar-refractivity contribution in [2.45, 2.75) is 6.92 Å². The van der Waals surface area contributed by atoms with Gasteiger partial charge in [0.25, 0.3) is 5.91 Å². The van der Waals surface area contributed by atoms with Gasteiger partial charge in [0.2, 0.25) is 0 Å². The van der Waals surface area contributed by atoms with E-state index in [1.54, 1.807) is 24.3 Å². The zero-order valence-corrected chi connectivity index (χ0v) is 9.23. The minimum absolute atomic E-state index is 0.0839. The third-order valence-corrected chi connectivity index (χ3v) is 1.85. The summed E-state index contributed by atoms with van der Waals surface area (Å²) >= 11 is 4.69. The highest BCUT2D eigenvalue weighted by atomic mass is 32.1. The Morgan fingerprint density at radius 3 is 2.47 bits per heavy atom. The molecule has 0 aliphatic rings. The van der Waals surface area contributed by atoms with Gasteiger partial charge < -0.3 is 16.4 Å². The standard InChI is InChI=1S/C10H13N3OS/c1-2-12-9(14)7-3-5-8(6-4-7)13-10(11)15/h3-6H,2H2,1H3,(H,12,14)(H3,11,13,15). The predicted molar refractivity (Wildman–Crippen MR) is 64.9 cm³/mol. The van der Waals surface area contributed by atoms with E-state index in [9.17, 15) is 4.79 Å². The number of nitrogens with two attached hydrogens (primary N) is 1. The SMILES string of the molecule is CCNC(=O)c1ccc(NC(N)=S)cc1. The summed E-state index contributed by atoms with van der Waals surface area (Å²) < 4.78 is 0. The first-order chi connectivity index (χ1) is 7.13. The summed E-state index contributed by atoms with van der Waals surface area (Å²) in [4.78, 5) is 11.4. The fourth-order valence-corrected chi connectivity index (χ4v) is 1.23. The minimum atomic E-state index is -0.0839. The zero-order chi connectivity index (χ0) is 11.3. The molecule has 15 heavy (non-hydrogen) atoms. The van der Waals surface area contributed by atoms with Crippen LogP contribution in [0, 0.1) is 0 Å². The fourth-order valence-electron chi connectivity index (χ4n) is 1.11. The molecule has 1 aromatic rings. The molecule has 0 unspecified atom stereocenters.